The monoisotopic (exact) mass is 392 g/mol. The molecule has 0 fully saturated rings. The second-order valence-corrected chi connectivity index (χ2v) is 6.87. The van der Waals surface area contributed by atoms with Crippen molar-refractivity contribution >= 4 is 35.0 Å². The van der Waals surface area contributed by atoms with E-state index < -0.39 is 22.0 Å². The van der Waals surface area contributed by atoms with Crippen molar-refractivity contribution in [2.24, 2.45) is 0 Å². The Balaban J connectivity index is 1.76. The fraction of sp³-hybridized carbons (Fsp3) is 0.222. The summed E-state index contributed by atoms with van der Waals surface area (Å²) in [7, 11) is 0. The first-order chi connectivity index (χ1) is 12.8. The van der Waals surface area contributed by atoms with Gasteiger partial charge in [-0.2, -0.15) is 0 Å². The van der Waals surface area contributed by atoms with E-state index in [1.54, 1.807) is 13.0 Å². The van der Waals surface area contributed by atoms with Crippen LogP contribution in [-0.4, -0.2) is 27.8 Å². The number of rotatable bonds is 8. The number of non-ortho nitro benzene ring substituents is 1. The van der Waals surface area contributed by atoms with Gasteiger partial charge in [-0.15, -0.1) is 11.8 Å². The summed E-state index contributed by atoms with van der Waals surface area (Å²) in [4.78, 5) is 34.1. The van der Waals surface area contributed by atoms with Crippen molar-refractivity contribution in [1.82, 2.24) is 0 Å². The quantitative estimate of drug-likeness (QED) is 0.419. The van der Waals surface area contributed by atoms with Gasteiger partial charge in [0, 0.05) is 17.8 Å². The van der Waals surface area contributed by atoms with Crippen molar-refractivity contribution in [3.05, 3.63) is 70.0 Å². The lowest BCUT2D eigenvalue weighted by Gasteiger charge is -2.11. The van der Waals surface area contributed by atoms with E-state index in [1.165, 1.54) is 42.5 Å². The minimum absolute atomic E-state index is 0.0183. The number of carbonyl (C=O) groups excluding carboxylic acids is 2. The zero-order valence-electron chi connectivity index (χ0n) is 14.4. The summed E-state index contributed by atoms with van der Waals surface area (Å²) in [6.07, 6.45) is 0. The van der Waals surface area contributed by atoms with Gasteiger partial charge in [-0.1, -0.05) is 12.1 Å². The van der Waals surface area contributed by atoms with Crippen molar-refractivity contribution < 1.29 is 23.6 Å². The second-order valence-electron chi connectivity index (χ2n) is 5.54. The molecule has 9 heteroatoms. The number of anilines is 1. The number of halogens is 1. The number of hydrogen-bond acceptors (Lipinski definition) is 6. The van der Waals surface area contributed by atoms with Crippen LogP contribution >= 0.6 is 11.8 Å². The molecule has 0 aliphatic carbocycles. The van der Waals surface area contributed by atoms with Gasteiger partial charge in [0.05, 0.1) is 10.7 Å². The highest BCUT2D eigenvalue weighted by atomic mass is 32.2. The Morgan fingerprint density at radius 2 is 1.96 bits per heavy atom. The second kappa shape index (κ2) is 9.67. The first kappa shape index (κ1) is 20.4. The number of thioether (sulfide) groups is 1. The summed E-state index contributed by atoms with van der Waals surface area (Å²) in [5, 5.41) is 12.7. The fourth-order valence-corrected chi connectivity index (χ4v) is 2.71. The third-order valence-electron chi connectivity index (χ3n) is 3.43. The maximum Gasteiger partial charge on any atom is 0.319 e. The molecule has 0 bridgehead atoms. The molecule has 0 aromatic heterocycles. The van der Waals surface area contributed by atoms with E-state index in [2.05, 4.69) is 5.32 Å². The Morgan fingerprint density at radius 1 is 1.26 bits per heavy atom. The van der Waals surface area contributed by atoms with E-state index in [-0.39, 0.29) is 24.0 Å². The number of benzene rings is 2. The number of nitrogens with one attached hydrogen (secondary N) is 1. The van der Waals surface area contributed by atoms with Crippen molar-refractivity contribution in [1.29, 1.82) is 0 Å². The van der Waals surface area contributed by atoms with Gasteiger partial charge in [0.15, 0.2) is 0 Å². The van der Waals surface area contributed by atoms with Gasteiger partial charge in [0.1, 0.15) is 17.7 Å². The first-order valence-corrected chi connectivity index (χ1v) is 8.97. The molecule has 27 heavy (non-hydrogen) atoms. The lowest BCUT2D eigenvalue weighted by atomic mass is 10.2. The van der Waals surface area contributed by atoms with Crippen LogP contribution in [0.4, 0.5) is 15.8 Å². The molecule has 2 aromatic rings. The number of esters is 1. The SMILES string of the molecule is CC(SCC(=O)Nc1ccc(F)cc1)C(=O)OCc1cccc([N+](=O)[O-])c1. The first-order valence-electron chi connectivity index (χ1n) is 7.92. The molecule has 0 aliphatic rings. The van der Waals surface area contributed by atoms with Crippen LogP contribution in [-0.2, 0) is 20.9 Å². The number of ether oxygens (including phenoxy) is 1. The van der Waals surface area contributed by atoms with E-state index in [0.717, 1.165) is 11.8 Å². The third-order valence-corrected chi connectivity index (χ3v) is 4.55. The highest BCUT2D eigenvalue weighted by Crippen LogP contribution is 2.17. The van der Waals surface area contributed by atoms with E-state index in [1.807, 2.05) is 0 Å². The molecule has 0 spiro atoms. The Morgan fingerprint density at radius 3 is 2.63 bits per heavy atom. The molecule has 1 N–H and O–H groups in total. The minimum Gasteiger partial charge on any atom is -0.460 e. The van der Waals surface area contributed by atoms with Gasteiger partial charge >= 0.3 is 5.97 Å². The van der Waals surface area contributed by atoms with Gasteiger partial charge in [0.2, 0.25) is 5.91 Å². The Kier molecular flexibility index (Phi) is 7.30. The standard InChI is InChI=1S/C18H17FN2O5S/c1-12(27-11-17(22)20-15-7-5-14(19)6-8-15)18(23)26-10-13-3-2-4-16(9-13)21(24)25/h2-9,12H,10-11H2,1H3,(H,20,22). The van der Waals surface area contributed by atoms with Gasteiger partial charge in [-0.05, 0) is 36.8 Å². The predicted octanol–water partition coefficient (Wildman–Crippen LogP) is 3.54. The van der Waals surface area contributed by atoms with Crippen molar-refractivity contribution in [2.75, 3.05) is 11.1 Å². The molecule has 2 rings (SSSR count). The normalized spacial score (nSPS) is 11.5. The number of amides is 1. The lowest BCUT2D eigenvalue weighted by Crippen LogP contribution is -2.21. The zero-order valence-corrected chi connectivity index (χ0v) is 15.2. The van der Waals surface area contributed by atoms with Gasteiger partial charge in [-0.25, -0.2) is 4.39 Å². The van der Waals surface area contributed by atoms with Crippen LogP contribution in [0.15, 0.2) is 48.5 Å². The average molecular weight is 392 g/mol. The van der Waals surface area contributed by atoms with Crippen molar-refractivity contribution in [3.63, 3.8) is 0 Å². The topological polar surface area (TPSA) is 98.5 Å². The van der Waals surface area contributed by atoms with Crippen LogP contribution in [0.1, 0.15) is 12.5 Å². The molecule has 1 amide bonds. The predicted molar refractivity (Wildman–Crippen MR) is 99.8 cm³/mol. The van der Waals surface area contributed by atoms with Crippen LogP contribution in [0.5, 0.6) is 0 Å². The van der Waals surface area contributed by atoms with Gasteiger partial charge in [-0.3, -0.25) is 19.7 Å². The number of hydrogen-bond donors (Lipinski definition) is 1. The van der Waals surface area contributed by atoms with Crippen LogP contribution in [0.2, 0.25) is 0 Å². The molecule has 0 radical (unpaired) electrons. The summed E-state index contributed by atoms with van der Waals surface area (Å²) in [5.74, 6) is -1.24. The molecule has 142 valence electrons. The van der Waals surface area contributed by atoms with E-state index >= 15 is 0 Å². The molecule has 1 atom stereocenters. The molecule has 2 aromatic carbocycles. The summed E-state index contributed by atoms with van der Waals surface area (Å²) < 4.78 is 18.0. The lowest BCUT2D eigenvalue weighted by molar-refractivity contribution is -0.384. The number of carbonyl (C=O) groups is 2. The molecular formula is C18H17FN2O5S. The van der Waals surface area contributed by atoms with Crippen LogP contribution in [0, 0.1) is 15.9 Å². The van der Waals surface area contributed by atoms with Crippen LogP contribution < -0.4 is 5.32 Å². The van der Waals surface area contributed by atoms with E-state index in [4.69, 9.17) is 4.74 Å². The third kappa shape index (κ3) is 6.70. The van der Waals surface area contributed by atoms with Gasteiger partial charge < -0.3 is 10.1 Å². The Hall–Kier alpha value is -2.94. The molecule has 0 saturated carbocycles. The van der Waals surface area contributed by atoms with Crippen molar-refractivity contribution in [3.8, 4) is 0 Å². The zero-order chi connectivity index (χ0) is 19.8. The Labute approximate surface area is 159 Å². The van der Waals surface area contributed by atoms with Gasteiger partial charge in [0.25, 0.3) is 5.69 Å². The highest BCUT2D eigenvalue weighted by molar-refractivity contribution is 8.01. The van der Waals surface area contributed by atoms with Crippen LogP contribution in [0.25, 0.3) is 0 Å². The summed E-state index contributed by atoms with van der Waals surface area (Å²) in [5.41, 5.74) is 0.884. The van der Waals surface area contributed by atoms with E-state index in [9.17, 15) is 24.1 Å². The summed E-state index contributed by atoms with van der Waals surface area (Å²) in [6.45, 7) is 1.51. The van der Waals surface area contributed by atoms with E-state index in [0.29, 0.717) is 11.3 Å². The molecule has 1 unspecified atom stereocenters. The fourth-order valence-electron chi connectivity index (χ4n) is 2.03. The number of nitro benzene ring substituents is 1. The smallest absolute Gasteiger partial charge is 0.319 e. The summed E-state index contributed by atoms with van der Waals surface area (Å²) in [6, 6.07) is 11.2. The minimum atomic E-state index is -0.595. The number of nitro groups is 1. The largest absolute Gasteiger partial charge is 0.460 e. The Bertz CT molecular complexity index is 829. The maximum absolute atomic E-state index is 12.8. The molecule has 0 heterocycles. The maximum atomic E-state index is 12.8. The molecule has 0 saturated heterocycles. The average Bonchev–Trinajstić information content (AvgIpc) is 2.66. The summed E-state index contributed by atoms with van der Waals surface area (Å²) >= 11 is 1.09. The molecule has 7 nitrogen and oxygen atoms in total. The molecular weight excluding hydrogens is 375 g/mol. The number of nitrogens with zero attached hydrogens (tertiary/aromatic N) is 1. The van der Waals surface area contributed by atoms with Crippen molar-refractivity contribution in [2.45, 2.75) is 18.8 Å². The van der Waals surface area contributed by atoms with Crippen LogP contribution in [0.3, 0.4) is 0 Å². The highest BCUT2D eigenvalue weighted by Gasteiger charge is 2.17. The molecule has 0 aliphatic heterocycles.